The van der Waals surface area contributed by atoms with Gasteiger partial charge in [0.1, 0.15) is 5.76 Å². The predicted molar refractivity (Wildman–Crippen MR) is 116 cm³/mol. The fourth-order valence-electron chi connectivity index (χ4n) is 3.18. The predicted octanol–water partition coefficient (Wildman–Crippen LogP) is 4.67. The summed E-state index contributed by atoms with van der Waals surface area (Å²) in [7, 11) is 1.31. The third-order valence-electron chi connectivity index (χ3n) is 4.74. The van der Waals surface area contributed by atoms with Gasteiger partial charge < -0.3 is 9.15 Å². The monoisotopic (exact) mass is 420 g/mol. The Balaban J connectivity index is 1.80. The van der Waals surface area contributed by atoms with E-state index in [4.69, 9.17) is 9.40 Å². The summed E-state index contributed by atoms with van der Waals surface area (Å²) in [6, 6.07) is 16.6. The van der Waals surface area contributed by atoms with Gasteiger partial charge in [-0.2, -0.15) is 0 Å². The van der Waals surface area contributed by atoms with Gasteiger partial charge in [-0.1, -0.05) is 36.0 Å². The Morgan fingerprint density at radius 1 is 1.13 bits per heavy atom. The zero-order chi connectivity index (χ0) is 21.3. The van der Waals surface area contributed by atoms with Crippen molar-refractivity contribution < 1.29 is 13.9 Å². The van der Waals surface area contributed by atoms with Gasteiger partial charge in [-0.05, 0) is 55.3 Å². The largest absolute Gasteiger partial charge is 0.463 e. The molecule has 6 nitrogen and oxygen atoms in total. The van der Waals surface area contributed by atoms with Crippen LogP contribution in [0.1, 0.15) is 27.4 Å². The molecule has 0 aliphatic carbocycles. The number of carbonyl (C=O) groups is 1. The van der Waals surface area contributed by atoms with Gasteiger partial charge in [0.05, 0.1) is 29.5 Å². The number of ether oxygens (including phenoxy) is 1. The average molecular weight is 420 g/mol. The number of methoxy groups -OCH3 is 1. The van der Waals surface area contributed by atoms with Gasteiger partial charge in [0.2, 0.25) is 5.76 Å². The van der Waals surface area contributed by atoms with E-state index in [2.05, 4.69) is 4.74 Å². The molecule has 0 fully saturated rings. The summed E-state index contributed by atoms with van der Waals surface area (Å²) in [6.45, 7) is 3.96. The summed E-state index contributed by atoms with van der Waals surface area (Å²) >= 11 is 1.38. The first-order valence-corrected chi connectivity index (χ1v) is 10.4. The van der Waals surface area contributed by atoms with E-state index in [1.165, 1.54) is 18.9 Å². The minimum atomic E-state index is -0.526. The Labute approximate surface area is 177 Å². The number of thioether (sulfide) groups is 1. The van der Waals surface area contributed by atoms with Gasteiger partial charge in [-0.25, -0.2) is 9.78 Å². The maximum Gasteiger partial charge on any atom is 0.373 e. The van der Waals surface area contributed by atoms with Crippen LogP contribution in [0.4, 0.5) is 0 Å². The van der Waals surface area contributed by atoms with Crippen LogP contribution >= 0.6 is 11.8 Å². The first-order chi connectivity index (χ1) is 14.5. The second kappa shape index (κ2) is 8.20. The van der Waals surface area contributed by atoms with Crippen molar-refractivity contribution in [2.24, 2.45) is 0 Å². The van der Waals surface area contributed by atoms with Crippen LogP contribution in [-0.4, -0.2) is 22.6 Å². The van der Waals surface area contributed by atoms with E-state index >= 15 is 0 Å². The zero-order valence-corrected chi connectivity index (χ0v) is 17.7. The Bertz CT molecular complexity index is 1310. The van der Waals surface area contributed by atoms with Crippen LogP contribution in [0, 0.1) is 13.8 Å². The molecular weight excluding hydrogens is 400 g/mol. The first kappa shape index (κ1) is 20.0. The van der Waals surface area contributed by atoms with Gasteiger partial charge in [0, 0.05) is 0 Å². The molecule has 0 radical (unpaired) electrons. The maximum atomic E-state index is 13.4. The summed E-state index contributed by atoms with van der Waals surface area (Å²) in [6.07, 6.45) is 0. The molecule has 0 bridgehead atoms. The lowest BCUT2D eigenvalue weighted by Gasteiger charge is -2.15. The highest BCUT2D eigenvalue weighted by atomic mass is 32.2. The first-order valence-electron chi connectivity index (χ1n) is 9.37. The quantitative estimate of drug-likeness (QED) is 0.265. The van der Waals surface area contributed by atoms with Gasteiger partial charge in [-0.15, -0.1) is 0 Å². The number of esters is 1. The third kappa shape index (κ3) is 3.76. The molecule has 0 aliphatic rings. The van der Waals surface area contributed by atoms with E-state index < -0.39 is 5.97 Å². The van der Waals surface area contributed by atoms with Gasteiger partial charge >= 0.3 is 5.97 Å². The molecule has 0 saturated heterocycles. The number of hydrogen-bond acceptors (Lipinski definition) is 6. The molecule has 0 unspecified atom stereocenters. The lowest BCUT2D eigenvalue weighted by Crippen LogP contribution is -2.22. The normalized spacial score (nSPS) is 11.0. The Morgan fingerprint density at radius 2 is 1.93 bits per heavy atom. The van der Waals surface area contributed by atoms with Crippen LogP contribution in [0.5, 0.6) is 0 Å². The number of benzene rings is 2. The van der Waals surface area contributed by atoms with Crippen LogP contribution in [-0.2, 0) is 10.5 Å². The van der Waals surface area contributed by atoms with Crippen LogP contribution < -0.4 is 5.56 Å². The highest BCUT2D eigenvalue weighted by Crippen LogP contribution is 2.27. The van der Waals surface area contributed by atoms with Gasteiger partial charge in [-0.3, -0.25) is 9.36 Å². The molecule has 152 valence electrons. The van der Waals surface area contributed by atoms with Crippen molar-refractivity contribution in [3.05, 3.63) is 87.6 Å². The lowest BCUT2D eigenvalue weighted by atomic mass is 10.1. The fourth-order valence-corrected chi connectivity index (χ4v) is 4.08. The summed E-state index contributed by atoms with van der Waals surface area (Å²) in [5.74, 6) is 0.622. The summed E-state index contributed by atoms with van der Waals surface area (Å²) in [5, 5.41) is 1.12. The average Bonchev–Trinajstić information content (AvgIpc) is 3.23. The van der Waals surface area contributed by atoms with Crippen molar-refractivity contribution in [3.63, 3.8) is 0 Å². The fraction of sp³-hybridized carbons (Fsp3) is 0.174. The molecule has 7 heteroatoms. The number of aromatic nitrogens is 2. The molecule has 4 aromatic rings. The molecular formula is C23H20N2O4S. The van der Waals surface area contributed by atoms with Crippen molar-refractivity contribution in [3.8, 4) is 5.69 Å². The summed E-state index contributed by atoms with van der Waals surface area (Å²) in [5.41, 5.74) is 3.36. The molecule has 0 amide bonds. The van der Waals surface area contributed by atoms with Crippen molar-refractivity contribution >= 4 is 28.6 Å². The van der Waals surface area contributed by atoms with Crippen LogP contribution in [0.15, 0.2) is 69.0 Å². The number of hydrogen-bond donors (Lipinski definition) is 0. The van der Waals surface area contributed by atoms with Crippen LogP contribution in [0.3, 0.4) is 0 Å². The molecule has 0 spiro atoms. The topological polar surface area (TPSA) is 74.3 Å². The van der Waals surface area contributed by atoms with E-state index in [9.17, 15) is 9.59 Å². The number of carbonyl (C=O) groups excluding carboxylic acids is 1. The summed E-state index contributed by atoms with van der Waals surface area (Å²) < 4.78 is 11.9. The minimum absolute atomic E-state index is 0.119. The molecule has 0 atom stereocenters. The van der Waals surface area contributed by atoms with E-state index in [-0.39, 0.29) is 11.3 Å². The molecule has 4 rings (SSSR count). The second-order valence-corrected chi connectivity index (χ2v) is 7.83. The SMILES string of the molecule is COC(=O)c1ccc(CSc2nc3ccccc3c(=O)n2-c2cc(C)ccc2C)o1. The van der Waals surface area contributed by atoms with Crippen LogP contribution in [0.25, 0.3) is 16.6 Å². The highest BCUT2D eigenvalue weighted by molar-refractivity contribution is 7.98. The number of nitrogens with zero attached hydrogens (tertiary/aromatic N) is 2. The smallest absolute Gasteiger partial charge is 0.373 e. The number of rotatable bonds is 5. The van der Waals surface area contributed by atoms with Crippen molar-refractivity contribution in [2.45, 2.75) is 24.8 Å². The Morgan fingerprint density at radius 3 is 2.73 bits per heavy atom. The highest BCUT2D eigenvalue weighted by Gasteiger charge is 2.17. The molecule has 0 N–H and O–H groups in total. The Kier molecular flexibility index (Phi) is 5.46. The van der Waals surface area contributed by atoms with Gasteiger partial charge in [0.15, 0.2) is 5.16 Å². The van der Waals surface area contributed by atoms with Crippen molar-refractivity contribution in [1.82, 2.24) is 9.55 Å². The van der Waals surface area contributed by atoms with E-state index in [1.54, 1.807) is 22.8 Å². The Hall–Kier alpha value is -3.32. The van der Waals surface area contributed by atoms with Crippen molar-refractivity contribution in [2.75, 3.05) is 7.11 Å². The van der Waals surface area contributed by atoms with E-state index in [1.807, 2.05) is 50.2 Å². The van der Waals surface area contributed by atoms with Crippen molar-refractivity contribution in [1.29, 1.82) is 0 Å². The summed E-state index contributed by atoms with van der Waals surface area (Å²) in [4.78, 5) is 29.8. The molecule has 2 aromatic heterocycles. The lowest BCUT2D eigenvalue weighted by molar-refractivity contribution is 0.0563. The van der Waals surface area contributed by atoms with Crippen LogP contribution in [0.2, 0.25) is 0 Å². The molecule has 0 aliphatic heterocycles. The van der Waals surface area contributed by atoms with E-state index in [0.29, 0.717) is 27.6 Å². The molecule has 2 heterocycles. The van der Waals surface area contributed by atoms with Gasteiger partial charge in [0.25, 0.3) is 5.56 Å². The minimum Gasteiger partial charge on any atom is -0.463 e. The maximum absolute atomic E-state index is 13.4. The standard InChI is InChI=1S/C23H20N2O4S/c1-14-8-9-15(2)19(12-14)25-21(26)17-6-4-5-7-18(17)24-23(25)30-13-16-10-11-20(29-16)22(27)28-3/h4-12H,13H2,1-3H3. The second-order valence-electron chi connectivity index (χ2n) is 6.89. The number of aryl methyl sites for hydroxylation is 2. The number of para-hydroxylation sites is 1. The molecule has 2 aromatic carbocycles. The zero-order valence-electron chi connectivity index (χ0n) is 16.8. The van der Waals surface area contributed by atoms with E-state index in [0.717, 1.165) is 16.8 Å². The number of furan rings is 1. The molecule has 0 saturated carbocycles. The molecule has 30 heavy (non-hydrogen) atoms. The number of fused-ring (bicyclic) bond motifs is 1. The third-order valence-corrected chi connectivity index (χ3v) is 5.70.